The molecule has 4 rings (SSSR count). The van der Waals surface area contributed by atoms with Gasteiger partial charge in [-0.05, 0) is 42.9 Å². The van der Waals surface area contributed by atoms with Crippen LogP contribution in [0.5, 0.6) is 0 Å². The summed E-state index contributed by atoms with van der Waals surface area (Å²) in [6.07, 6.45) is 8.70. The average molecular weight is 315 g/mol. The highest BCUT2D eigenvalue weighted by molar-refractivity contribution is 6.05. The van der Waals surface area contributed by atoms with Crippen LogP contribution in [-0.4, -0.2) is 26.2 Å². The normalized spacial score (nSPS) is 23.7. The second-order valence-corrected chi connectivity index (χ2v) is 7.07. The monoisotopic (exact) mass is 315 g/mol. The van der Waals surface area contributed by atoms with Crippen molar-refractivity contribution in [2.24, 2.45) is 5.92 Å². The van der Waals surface area contributed by atoms with Crippen LogP contribution in [0.4, 0.5) is 5.69 Å². The van der Waals surface area contributed by atoms with Crippen LogP contribution in [0.25, 0.3) is 0 Å². The summed E-state index contributed by atoms with van der Waals surface area (Å²) in [7, 11) is 1.80. The Hall–Kier alpha value is -1.39. The van der Waals surface area contributed by atoms with E-state index in [0.717, 1.165) is 30.0 Å². The van der Waals surface area contributed by atoms with Crippen molar-refractivity contribution in [1.29, 1.82) is 0 Å². The summed E-state index contributed by atoms with van der Waals surface area (Å²) in [4.78, 5) is 14.4. The van der Waals surface area contributed by atoms with E-state index in [1.54, 1.807) is 11.9 Å². The lowest BCUT2D eigenvalue weighted by Crippen LogP contribution is -2.46. The van der Waals surface area contributed by atoms with E-state index in [4.69, 9.17) is 9.47 Å². The molecule has 2 fully saturated rings. The maximum absolute atomic E-state index is 12.7. The number of carbonyl (C=O) groups excluding carboxylic acids is 1. The van der Waals surface area contributed by atoms with Crippen LogP contribution in [0.2, 0.25) is 0 Å². The molecule has 1 aromatic rings. The number of likely N-dealkylation sites (N-methyl/N-ethyl adjacent to an activating group) is 1. The van der Waals surface area contributed by atoms with Crippen LogP contribution >= 0.6 is 0 Å². The first-order valence-corrected chi connectivity index (χ1v) is 8.90. The van der Waals surface area contributed by atoms with Crippen molar-refractivity contribution >= 4 is 11.6 Å². The third-order valence-corrected chi connectivity index (χ3v) is 5.58. The van der Waals surface area contributed by atoms with Gasteiger partial charge in [0.1, 0.15) is 0 Å². The molecule has 0 unspecified atom stereocenters. The first-order valence-electron chi connectivity index (χ1n) is 8.90. The van der Waals surface area contributed by atoms with Crippen LogP contribution in [0.3, 0.4) is 0 Å². The van der Waals surface area contributed by atoms with Gasteiger partial charge in [0.2, 0.25) is 0 Å². The lowest BCUT2D eigenvalue weighted by atomic mass is 9.95. The Morgan fingerprint density at radius 3 is 2.65 bits per heavy atom. The van der Waals surface area contributed by atoms with Gasteiger partial charge >= 0.3 is 0 Å². The molecule has 0 atom stereocenters. The van der Waals surface area contributed by atoms with Gasteiger partial charge in [0, 0.05) is 12.6 Å². The topological polar surface area (TPSA) is 38.8 Å². The summed E-state index contributed by atoms with van der Waals surface area (Å²) >= 11 is 0. The van der Waals surface area contributed by atoms with Gasteiger partial charge in [0.25, 0.3) is 11.7 Å². The van der Waals surface area contributed by atoms with E-state index >= 15 is 0 Å². The molecule has 0 bridgehead atoms. The van der Waals surface area contributed by atoms with Crippen LogP contribution in [0, 0.1) is 5.92 Å². The molecule has 0 radical (unpaired) electrons. The molecule has 1 saturated carbocycles. The van der Waals surface area contributed by atoms with Crippen LogP contribution in [0.15, 0.2) is 18.2 Å². The second kappa shape index (κ2) is 5.91. The molecule has 1 amide bonds. The molecule has 4 nitrogen and oxygen atoms in total. The number of benzene rings is 1. The van der Waals surface area contributed by atoms with Gasteiger partial charge in [-0.25, -0.2) is 0 Å². The lowest BCUT2D eigenvalue weighted by Gasteiger charge is -2.32. The summed E-state index contributed by atoms with van der Waals surface area (Å²) < 4.78 is 11.7. The highest BCUT2D eigenvalue weighted by Gasteiger charge is 2.53. The quantitative estimate of drug-likeness (QED) is 0.858. The van der Waals surface area contributed by atoms with Crippen molar-refractivity contribution in [3.8, 4) is 0 Å². The Labute approximate surface area is 137 Å². The minimum absolute atomic E-state index is 0.0971. The minimum atomic E-state index is -1.19. The molecule has 0 N–H and O–H groups in total. The Kier molecular flexibility index (Phi) is 3.90. The second-order valence-electron chi connectivity index (χ2n) is 7.07. The fourth-order valence-electron chi connectivity index (χ4n) is 4.22. The number of anilines is 1. The molecular formula is C19H25NO3. The number of hydrogen-bond donors (Lipinski definition) is 0. The zero-order chi connectivity index (χ0) is 15.9. The van der Waals surface area contributed by atoms with E-state index in [9.17, 15) is 4.79 Å². The van der Waals surface area contributed by atoms with Gasteiger partial charge in [0.05, 0.1) is 18.9 Å². The first kappa shape index (κ1) is 15.2. The van der Waals surface area contributed by atoms with Gasteiger partial charge in [-0.15, -0.1) is 0 Å². The Balaban J connectivity index is 1.60. The molecule has 1 aromatic carbocycles. The van der Waals surface area contributed by atoms with Crippen molar-refractivity contribution < 1.29 is 14.3 Å². The van der Waals surface area contributed by atoms with E-state index in [0.29, 0.717) is 13.2 Å². The maximum atomic E-state index is 12.7. The van der Waals surface area contributed by atoms with Gasteiger partial charge in [0.15, 0.2) is 0 Å². The molecule has 1 saturated heterocycles. The summed E-state index contributed by atoms with van der Waals surface area (Å²) in [5.41, 5.74) is 3.10. The summed E-state index contributed by atoms with van der Waals surface area (Å²) in [6.45, 7) is 1.15. The summed E-state index contributed by atoms with van der Waals surface area (Å²) in [5, 5.41) is 0. The van der Waals surface area contributed by atoms with E-state index < -0.39 is 5.79 Å². The van der Waals surface area contributed by atoms with Crippen molar-refractivity contribution in [3.05, 3.63) is 29.3 Å². The Bertz CT molecular complexity index is 601. The molecule has 2 aliphatic heterocycles. The molecule has 4 heteroatoms. The van der Waals surface area contributed by atoms with Crippen LogP contribution in [0.1, 0.15) is 49.7 Å². The number of carbonyl (C=O) groups is 1. The van der Waals surface area contributed by atoms with Gasteiger partial charge in [-0.1, -0.05) is 31.7 Å². The Morgan fingerprint density at radius 1 is 1.17 bits per heavy atom. The summed E-state index contributed by atoms with van der Waals surface area (Å²) in [6, 6.07) is 6.34. The highest BCUT2D eigenvalue weighted by atomic mass is 16.7. The molecule has 3 aliphatic rings. The fourth-order valence-corrected chi connectivity index (χ4v) is 4.22. The van der Waals surface area contributed by atoms with Gasteiger partial charge in [-0.3, -0.25) is 4.79 Å². The molecule has 124 valence electrons. The van der Waals surface area contributed by atoms with Crippen molar-refractivity contribution in [1.82, 2.24) is 0 Å². The highest BCUT2D eigenvalue weighted by Crippen LogP contribution is 2.45. The average Bonchev–Trinajstić information content (AvgIpc) is 3.18. The molecule has 23 heavy (non-hydrogen) atoms. The summed E-state index contributed by atoms with van der Waals surface area (Å²) in [5.74, 6) is -0.407. The number of rotatable bonds is 3. The molecule has 0 aromatic heterocycles. The molecule has 2 heterocycles. The van der Waals surface area contributed by atoms with Crippen molar-refractivity contribution in [2.75, 3.05) is 25.2 Å². The molecule has 1 spiro atoms. The predicted octanol–water partition coefficient (Wildman–Crippen LogP) is 3.38. The number of hydrogen-bond acceptors (Lipinski definition) is 3. The molecular weight excluding hydrogens is 290 g/mol. The van der Waals surface area contributed by atoms with Gasteiger partial charge < -0.3 is 14.4 Å². The number of nitrogens with zero attached hydrogens (tertiary/aromatic N) is 1. The van der Waals surface area contributed by atoms with E-state index in [2.05, 4.69) is 12.1 Å². The van der Waals surface area contributed by atoms with Crippen molar-refractivity contribution in [2.45, 2.75) is 50.7 Å². The minimum Gasteiger partial charge on any atom is -0.338 e. The van der Waals surface area contributed by atoms with E-state index in [1.807, 2.05) is 6.07 Å². The number of amides is 1. The SMILES string of the molecule is CN1C(=O)C2(OCCCO2)c2cc(CCC3CCCC3)ccc21. The Morgan fingerprint density at radius 2 is 1.91 bits per heavy atom. The number of ether oxygens (including phenoxy) is 2. The smallest absolute Gasteiger partial charge is 0.292 e. The lowest BCUT2D eigenvalue weighted by molar-refractivity contribution is -0.256. The van der Waals surface area contributed by atoms with Crippen LogP contribution < -0.4 is 4.90 Å². The third kappa shape index (κ3) is 2.48. The van der Waals surface area contributed by atoms with Crippen molar-refractivity contribution in [3.63, 3.8) is 0 Å². The van der Waals surface area contributed by atoms with Gasteiger partial charge in [-0.2, -0.15) is 0 Å². The van der Waals surface area contributed by atoms with Crippen LogP contribution in [-0.2, 0) is 26.5 Å². The zero-order valence-corrected chi connectivity index (χ0v) is 13.8. The maximum Gasteiger partial charge on any atom is 0.292 e. The fraction of sp³-hybridized carbons (Fsp3) is 0.632. The number of aryl methyl sites for hydroxylation is 1. The standard InChI is InChI=1S/C19H25NO3/c1-20-17-10-9-15(8-7-14-5-2-3-6-14)13-16(17)19(18(20)21)22-11-4-12-23-19/h9-10,13-14H,2-8,11-12H2,1H3. The zero-order valence-electron chi connectivity index (χ0n) is 13.8. The first-order chi connectivity index (χ1) is 11.2. The molecule has 1 aliphatic carbocycles. The largest absolute Gasteiger partial charge is 0.338 e. The third-order valence-electron chi connectivity index (χ3n) is 5.58. The van der Waals surface area contributed by atoms with E-state index in [1.165, 1.54) is 37.7 Å². The van der Waals surface area contributed by atoms with E-state index in [-0.39, 0.29) is 5.91 Å². The number of fused-ring (bicyclic) bond motifs is 2. The predicted molar refractivity (Wildman–Crippen MR) is 88.3 cm³/mol.